The molecule has 0 bridgehead atoms. The molecule has 1 heterocycles. The van der Waals surface area contributed by atoms with E-state index >= 15 is 0 Å². The minimum atomic E-state index is -0.707. The van der Waals surface area contributed by atoms with Gasteiger partial charge in [-0.15, -0.1) is 0 Å². The molecule has 0 atom stereocenters. The number of halogens is 1. The molecule has 2 aliphatic rings. The van der Waals surface area contributed by atoms with Gasteiger partial charge in [0, 0.05) is 6.54 Å². The van der Waals surface area contributed by atoms with E-state index in [9.17, 15) is 14.0 Å². The van der Waals surface area contributed by atoms with Gasteiger partial charge in [-0.3, -0.25) is 9.69 Å². The smallest absolute Gasteiger partial charge is 0.326 e. The summed E-state index contributed by atoms with van der Waals surface area (Å²) in [6.07, 6.45) is 4.45. The molecule has 3 rings (SSSR count). The number of carbonyl (C=O) groups excluding carboxylic acids is 2. The number of nitrogens with zero attached hydrogens (tertiary/aromatic N) is 2. The van der Waals surface area contributed by atoms with Crippen LogP contribution in [0.4, 0.5) is 9.18 Å². The summed E-state index contributed by atoms with van der Waals surface area (Å²) in [6.45, 7) is 3.24. The van der Waals surface area contributed by atoms with Gasteiger partial charge in [-0.2, -0.15) is 0 Å². The largest absolute Gasteiger partial charge is 0.494 e. The Balaban J connectivity index is 1.69. The van der Waals surface area contributed by atoms with E-state index in [0.29, 0.717) is 25.9 Å². The summed E-state index contributed by atoms with van der Waals surface area (Å²) in [5.41, 5.74) is 0.0608. The summed E-state index contributed by atoms with van der Waals surface area (Å²) < 4.78 is 18.8. The van der Waals surface area contributed by atoms with E-state index < -0.39 is 11.4 Å². The highest BCUT2D eigenvalue weighted by molar-refractivity contribution is 6.07. The molecule has 7 heteroatoms. The van der Waals surface area contributed by atoms with Gasteiger partial charge in [0.15, 0.2) is 11.6 Å². The lowest BCUT2D eigenvalue weighted by Crippen LogP contribution is -2.49. The number of hydrogen-bond acceptors (Lipinski definition) is 4. The Labute approximate surface area is 153 Å². The van der Waals surface area contributed by atoms with Crippen LogP contribution in [0.5, 0.6) is 5.75 Å². The fourth-order valence-corrected chi connectivity index (χ4v) is 3.83. The van der Waals surface area contributed by atoms with Crippen molar-refractivity contribution in [3.05, 3.63) is 29.6 Å². The van der Waals surface area contributed by atoms with Gasteiger partial charge in [-0.1, -0.05) is 32.3 Å². The third kappa shape index (κ3) is 3.53. The summed E-state index contributed by atoms with van der Waals surface area (Å²) in [7, 11) is 1.43. The molecule has 3 amide bonds. The number of nitrogens with one attached hydrogen (secondary N) is 1. The molecule has 1 aromatic carbocycles. The molecule has 1 N–H and O–H groups in total. The van der Waals surface area contributed by atoms with Crippen molar-refractivity contribution in [1.82, 2.24) is 15.1 Å². The molecule has 1 aromatic rings. The number of methoxy groups -OCH3 is 1. The van der Waals surface area contributed by atoms with E-state index in [4.69, 9.17) is 4.74 Å². The van der Waals surface area contributed by atoms with Crippen molar-refractivity contribution >= 4 is 11.9 Å². The quantitative estimate of drug-likeness (QED) is 0.790. The average molecular weight is 363 g/mol. The molecular formula is C19H26FN3O3. The molecule has 0 unspecified atom stereocenters. The standard InChI is InChI=1S/C19H26FN3O3/c1-3-22(12-14-7-8-16(26-2)15(20)11-14)13-23-17(24)19(21-18(23)25)9-5-4-6-10-19/h7-8,11H,3-6,9-10,12-13H2,1-2H3,(H,21,25). The lowest BCUT2D eigenvalue weighted by molar-refractivity contribution is -0.133. The summed E-state index contributed by atoms with van der Waals surface area (Å²) >= 11 is 0. The third-order valence-corrected chi connectivity index (χ3v) is 5.36. The van der Waals surface area contributed by atoms with Crippen molar-refractivity contribution in [2.45, 2.75) is 51.1 Å². The van der Waals surface area contributed by atoms with Gasteiger partial charge >= 0.3 is 6.03 Å². The number of imide groups is 1. The van der Waals surface area contributed by atoms with Gasteiger partial charge in [0.05, 0.1) is 13.8 Å². The van der Waals surface area contributed by atoms with Crippen LogP contribution in [0, 0.1) is 5.82 Å². The second kappa shape index (κ2) is 7.61. The van der Waals surface area contributed by atoms with Crippen molar-refractivity contribution in [2.75, 3.05) is 20.3 Å². The minimum Gasteiger partial charge on any atom is -0.494 e. The van der Waals surface area contributed by atoms with Crippen molar-refractivity contribution in [2.24, 2.45) is 0 Å². The van der Waals surface area contributed by atoms with Gasteiger partial charge in [-0.25, -0.2) is 14.1 Å². The van der Waals surface area contributed by atoms with Crippen molar-refractivity contribution in [3.8, 4) is 5.75 Å². The van der Waals surface area contributed by atoms with Crippen molar-refractivity contribution < 1.29 is 18.7 Å². The van der Waals surface area contributed by atoms with Gasteiger partial charge in [-0.05, 0) is 37.1 Å². The van der Waals surface area contributed by atoms with Crippen LogP contribution in [0.1, 0.15) is 44.6 Å². The Hall–Kier alpha value is -2.15. The Bertz CT molecular complexity index is 689. The predicted octanol–water partition coefficient (Wildman–Crippen LogP) is 2.87. The van der Waals surface area contributed by atoms with Crippen LogP contribution in [0.3, 0.4) is 0 Å². The molecule has 1 aliphatic carbocycles. The van der Waals surface area contributed by atoms with Crippen LogP contribution in [0.25, 0.3) is 0 Å². The summed E-state index contributed by atoms with van der Waals surface area (Å²) in [5, 5.41) is 2.92. The number of rotatable bonds is 6. The zero-order valence-corrected chi connectivity index (χ0v) is 15.4. The van der Waals surface area contributed by atoms with E-state index in [0.717, 1.165) is 24.8 Å². The molecule has 2 fully saturated rings. The topological polar surface area (TPSA) is 61.9 Å². The highest BCUT2D eigenvalue weighted by Gasteiger charge is 2.51. The first-order valence-corrected chi connectivity index (χ1v) is 9.18. The molecule has 0 aromatic heterocycles. The van der Waals surface area contributed by atoms with E-state index in [1.807, 2.05) is 11.8 Å². The number of hydrogen-bond donors (Lipinski definition) is 1. The van der Waals surface area contributed by atoms with Crippen LogP contribution < -0.4 is 10.1 Å². The Morgan fingerprint density at radius 3 is 2.62 bits per heavy atom. The highest BCUT2D eigenvalue weighted by atomic mass is 19.1. The number of benzene rings is 1. The normalized spacial score (nSPS) is 19.3. The maximum Gasteiger partial charge on any atom is 0.326 e. The molecule has 1 aliphatic heterocycles. The van der Waals surface area contributed by atoms with Crippen LogP contribution in [-0.4, -0.2) is 47.6 Å². The van der Waals surface area contributed by atoms with E-state index in [1.54, 1.807) is 12.1 Å². The lowest BCUT2D eigenvalue weighted by Gasteiger charge is -2.31. The molecule has 6 nitrogen and oxygen atoms in total. The first-order valence-electron chi connectivity index (χ1n) is 9.18. The van der Waals surface area contributed by atoms with E-state index in [-0.39, 0.29) is 24.4 Å². The number of ether oxygens (including phenoxy) is 1. The second-order valence-electron chi connectivity index (χ2n) is 7.06. The Kier molecular flexibility index (Phi) is 5.46. The molecule has 142 valence electrons. The first kappa shape index (κ1) is 18.6. The fraction of sp³-hybridized carbons (Fsp3) is 0.579. The zero-order chi connectivity index (χ0) is 18.7. The minimum absolute atomic E-state index is 0.124. The monoisotopic (exact) mass is 363 g/mol. The summed E-state index contributed by atoms with van der Waals surface area (Å²) in [5.74, 6) is -0.344. The Morgan fingerprint density at radius 1 is 1.27 bits per heavy atom. The lowest BCUT2D eigenvalue weighted by atomic mass is 9.82. The predicted molar refractivity (Wildman–Crippen MR) is 95.1 cm³/mol. The number of amides is 3. The maximum absolute atomic E-state index is 13.9. The number of carbonyl (C=O) groups is 2. The van der Waals surface area contributed by atoms with Crippen molar-refractivity contribution in [3.63, 3.8) is 0 Å². The Morgan fingerprint density at radius 2 is 2.00 bits per heavy atom. The average Bonchev–Trinajstić information content (AvgIpc) is 2.85. The fourth-order valence-electron chi connectivity index (χ4n) is 3.83. The SMILES string of the molecule is CCN(Cc1ccc(OC)c(F)c1)CN1C(=O)NC2(CCCCC2)C1=O. The second-order valence-corrected chi connectivity index (χ2v) is 7.06. The van der Waals surface area contributed by atoms with Crippen LogP contribution in [0.15, 0.2) is 18.2 Å². The molecule has 26 heavy (non-hydrogen) atoms. The maximum atomic E-state index is 13.9. The highest BCUT2D eigenvalue weighted by Crippen LogP contribution is 2.33. The summed E-state index contributed by atoms with van der Waals surface area (Å²) in [4.78, 5) is 28.5. The van der Waals surface area contributed by atoms with Crippen molar-refractivity contribution in [1.29, 1.82) is 0 Å². The number of urea groups is 1. The van der Waals surface area contributed by atoms with Crippen LogP contribution in [-0.2, 0) is 11.3 Å². The zero-order valence-electron chi connectivity index (χ0n) is 15.4. The molecule has 1 saturated heterocycles. The molecular weight excluding hydrogens is 337 g/mol. The van der Waals surface area contributed by atoms with Crippen LogP contribution >= 0.6 is 0 Å². The summed E-state index contributed by atoms with van der Waals surface area (Å²) in [6, 6.07) is 4.48. The third-order valence-electron chi connectivity index (χ3n) is 5.36. The van der Waals surface area contributed by atoms with E-state index in [2.05, 4.69) is 5.32 Å². The van der Waals surface area contributed by atoms with Gasteiger partial charge in [0.2, 0.25) is 0 Å². The van der Waals surface area contributed by atoms with Crippen LogP contribution in [0.2, 0.25) is 0 Å². The molecule has 0 radical (unpaired) electrons. The van der Waals surface area contributed by atoms with Gasteiger partial charge < -0.3 is 10.1 Å². The first-order chi connectivity index (χ1) is 12.5. The molecule has 1 spiro atoms. The van der Waals surface area contributed by atoms with Gasteiger partial charge in [0.25, 0.3) is 5.91 Å². The molecule has 1 saturated carbocycles. The van der Waals surface area contributed by atoms with Gasteiger partial charge in [0.1, 0.15) is 5.54 Å². The van der Waals surface area contributed by atoms with E-state index in [1.165, 1.54) is 18.1 Å².